The lowest BCUT2D eigenvalue weighted by molar-refractivity contribution is 0.0563. The molecule has 0 atom stereocenters. The van der Waals surface area contributed by atoms with Crippen molar-refractivity contribution >= 4 is 17.7 Å². The van der Waals surface area contributed by atoms with Gasteiger partial charge in [0.1, 0.15) is 5.60 Å². The molecular weight excluding hydrogens is 290 g/mol. The number of hydrogen-bond donors (Lipinski definition) is 2. The van der Waals surface area contributed by atoms with E-state index in [0.29, 0.717) is 5.96 Å². The van der Waals surface area contributed by atoms with E-state index in [4.69, 9.17) is 9.73 Å². The number of hydrogen-bond acceptors (Lipinski definition) is 3. The number of rotatable bonds is 2. The lowest BCUT2D eigenvalue weighted by atomic mass is 9.96. The van der Waals surface area contributed by atoms with E-state index in [1.165, 1.54) is 19.3 Å². The molecule has 2 N–H and O–H groups in total. The fourth-order valence-electron chi connectivity index (χ4n) is 2.55. The number of amides is 1. The van der Waals surface area contributed by atoms with Crippen molar-refractivity contribution in [3.05, 3.63) is 30.3 Å². The van der Waals surface area contributed by atoms with Crippen LogP contribution in [-0.2, 0) is 4.74 Å². The number of guanidine groups is 1. The van der Waals surface area contributed by atoms with E-state index in [1.807, 2.05) is 51.1 Å². The first kappa shape index (κ1) is 17.3. The monoisotopic (exact) mass is 317 g/mol. The fraction of sp³-hybridized carbons (Fsp3) is 0.556. The number of alkyl carbamates (subject to hydrolysis) is 1. The highest BCUT2D eigenvalue weighted by Crippen LogP contribution is 2.20. The van der Waals surface area contributed by atoms with Crippen LogP contribution in [0, 0.1) is 0 Å². The highest BCUT2D eigenvalue weighted by Gasteiger charge is 2.19. The Kier molecular flexibility index (Phi) is 6.02. The molecule has 0 saturated heterocycles. The second-order valence-corrected chi connectivity index (χ2v) is 6.89. The van der Waals surface area contributed by atoms with Gasteiger partial charge >= 0.3 is 6.09 Å². The van der Waals surface area contributed by atoms with Crippen molar-refractivity contribution in [1.29, 1.82) is 0 Å². The normalized spacial score (nSPS) is 16.7. The van der Waals surface area contributed by atoms with Crippen molar-refractivity contribution in [2.75, 3.05) is 5.32 Å². The van der Waals surface area contributed by atoms with Gasteiger partial charge in [0, 0.05) is 5.69 Å². The van der Waals surface area contributed by atoms with Crippen LogP contribution in [0.1, 0.15) is 52.9 Å². The summed E-state index contributed by atoms with van der Waals surface area (Å²) < 4.78 is 5.32. The first-order chi connectivity index (χ1) is 10.9. The molecule has 0 bridgehead atoms. The van der Waals surface area contributed by atoms with Gasteiger partial charge < -0.3 is 10.1 Å². The Balaban J connectivity index is 2.07. The van der Waals surface area contributed by atoms with Crippen LogP contribution in [0.5, 0.6) is 0 Å². The van der Waals surface area contributed by atoms with Crippen LogP contribution in [0.4, 0.5) is 10.5 Å². The van der Waals surface area contributed by atoms with Gasteiger partial charge in [0.05, 0.1) is 6.04 Å². The number of carbonyl (C=O) groups is 1. The summed E-state index contributed by atoms with van der Waals surface area (Å²) in [6.07, 6.45) is 5.30. The van der Waals surface area contributed by atoms with Gasteiger partial charge in [0.15, 0.2) is 0 Å². The zero-order valence-corrected chi connectivity index (χ0v) is 14.3. The minimum atomic E-state index is -0.535. The smallest absolute Gasteiger partial charge is 0.414 e. The molecule has 1 aliphatic carbocycles. The maximum absolute atomic E-state index is 12.0. The number of nitrogens with zero attached hydrogens (tertiary/aromatic N) is 1. The van der Waals surface area contributed by atoms with Gasteiger partial charge in [-0.15, -0.1) is 0 Å². The van der Waals surface area contributed by atoms with Crippen LogP contribution in [0.3, 0.4) is 0 Å². The number of ether oxygens (including phenoxy) is 1. The van der Waals surface area contributed by atoms with Crippen LogP contribution in [-0.4, -0.2) is 23.7 Å². The summed E-state index contributed by atoms with van der Waals surface area (Å²) in [4.78, 5) is 16.7. The van der Waals surface area contributed by atoms with Crippen LogP contribution < -0.4 is 10.6 Å². The molecule has 2 rings (SSSR count). The summed E-state index contributed by atoms with van der Waals surface area (Å²) in [5.41, 5.74) is 0.352. The highest BCUT2D eigenvalue weighted by atomic mass is 16.6. The number of aliphatic imine (C=N–C) groups is 1. The molecule has 5 heteroatoms. The van der Waals surface area contributed by atoms with Crippen molar-refractivity contribution in [3.63, 3.8) is 0 Å². The number of para-hydroxylation sites is 1. The summed E-state index contributed by atoms with van der Waals surface area (Å²) in [7, 11) is 0. The first-order valence-corrected chi connectivity index (χ1v) is 8.32. The second-order valence-electron chi connectivity index (χ2n) is 6.89. The molecule has 1 amide bonds. The van der Waals surface area contributed by atoms with Crippen LogP contribution in [0.2, 0.25) is 0 Å². The Morgan fingerprint density at radius 2 is 1.78 bits per heavy atom. The van der Waals surface area contributed by atoms with Gasteiger partial charge in [-0.05, 0) is 45.7 Å². The van der Waals surface area contributed by atoms with Gasteiger partial charge in [0.25, 0.3) is 0 Å². The largest absolute Gasteiger partial charge is 0.444 e. The minimum Gasteiger partial charge on any atom is -0.444 e. The van der Waals surface area contributed by atoms with Gasteiger partial charge in [-0.3, -0.25) is 5.32 Å². The fourth-order valence-corrected chi connectivity index (χ4v) is 2.55. The Hall–Kier alpha value is -2.04. The van der Waals surface area contributed by atoms with Crippen LogP contribution in [0.15, 0.2) is 35.3 Å². The molecule has 0 radical (unpaired) electrons. The number of carbonyl (C=O) groups excluding carboxylic acids is 1. The topological polar surface area (TPSA) is 62.7 Å². The molecular formula is C18H27N3O2. The maximum atomic E-state index is 12.0. The van der Waals surface area contributed by atoms with Gasteiger partial charge in [-0.25, -0.2) is 9.79 Å². The molecule has 1 aromatic carbocycles. The van der Waals surface area contributed by atoms with Crippen molar-refractivity contribution in [1.82, 2.24) is 5.32 Å². The molecule has 0 spiro atoms. The summed E-state index contributed by atoms with van der Waals surface area (Å²) in [5.74, 6) is 0.456. The van der Waals surface area contributed by atoms with E-state index in [9.17, 15) is 4.79 Å². The standard InChI is InChI=1S/C18H27N3O2/c1-18(2,3)23-17(22)21-16(19-14-10-6-4-7-11-14)20-15-12-8-5-9-13-15/h4,6-7,10-11,15H,5,8-9,12-13H2,1-3H3,(H2,19,20,21,22). The Labute approximate surface area is 138 Å². The quantitative estimate of drug-likeness (QED) is 0.631. The third kappa shape index (κ3) is 6.72. The lowest BCUT2D eigenvalue weighted by Gasteiger charge is -2.22. The predicted octanol–water partition coefficient (Wildman–Crippen LogP) is 4.31. The Bertz CT molecular complexity index is 529. The predicted molar refractivity (Wildman–Crippen MR) is 93.7 cm³/mol. The van der Waals surface area contributed by atoms with Crippen molar-refractivity contribution in [3.8, 4) is 0 Å². The van der Waals surface area contributed by atoms with Crippen molar-refractivity contribution < 1.29 is 9.53 Å². The number of anilines is 1. The lowest BCUT2D eigenvalue weighted by Crippen LogP contribution is -2.40. The van der Waals surface area contributed by atoms with Crippen LogP contribution in [0.25, 0.3) is 0 Å². The van der Waals surface area contributed by atoms with E-state index in [0.717, 1.165) is 18.5 Å². The van der Waals surface area contributed by atoms with Crippen LogP contribution >= 0.6 is 0 Å². The molecule has 0 unspecified atom stereocenters. The minimum absolute atomic E-state index is 0.255. The molecule has 23 heavy (non-hydrogen) atoms. The summed E-state index contributed by atoms with van der Waals surface area (Å²) >= 11 is 0. The van der Waals surface area contributed by atoms with E-state index in [2.05, 4.69) is 10.6 Å². The SMILES string of the molecule is CC(C)(C)OC(=O)NC(=NC1CCCCC1)Nc1ccccc1. The number of nitrogens with one attached hydrogen (secondary N) is 2. The van der Waals surface area contributed by atoms with Gasteiger partial charge in [-0.2, -0.15) is 0 Å². The molecule has 0 aliphatic heterocycles. The van der Waals surface area contributed by atoms with Crippen molar-refractivity contribution in [2.45, 2.75) is 64.5 Å². The summed E-state index contributed by atoms with van der Waals surface area (Å²) in [5, 5.41) is 5.93. The third-order valence-corrected chi connectivity index (χ3v) is 3.54. The summed E-state index contributed by atoms with van der Waals surface area (Å²) in [6, 6.07) is 9.96. The van der Waals surface area contributed by atoms with E-state index < -0.39 is 11.7 Å². The molecule has 1 aromatic rings. The van der Waals surface area contributed by atoms with Crippen molar-refractivity contribution in [2.24, 2.45) is 4.99 Å². The molecule has 1 fully saturated rings. The average Bonchev–Trinajstić information content (AvgIpc) is 2.47. The molecule has 0 aromatic heterocycles. The van der Waals surface area contributed by atoms with E-state index in [-0.39, 0.29) is 6.04 Å². The first-order valence-electron chi connectivity index (χ1n) is 8.32. The Morgan fingerprint density at radius 3 is 2.39 bits per heavy atom. The zero-order chi connectivity index (χ0) is 16.7. The molecule has 1 saturated carbocycles. The molecule has 126 valence electrons. The van der Waals surface area contributed by atoms with Gasteiger partial charge in [0.2, 0.25) is 5.96 Å². The molecule has 1 aliphatic rings. The van der Waals surface area contributed by atoms with Gasteiger partial charge in [-0.1, -0.05) is 37.5 Å². The summed E-state index contributed by atoms with van der Waals surface area (Å²) in [6.45, 7) is 5.53. The molecule has 0 heterocycles. The van der Waals surface area contributed by atoms with E-state index >= 15 is 0 Å². The third-order valence-electron chi connectivity index (χ3n) is 3.54. The Morgan fingerprint density at radius 1 is 1.13 bits per heavy atom. The average molecular weight is 317 g/mol. The highest BCUT2D eigenvalue weighted by molar-refractivity contribution is 6.02. The maximum Gasteiger partial charge on any atom is 0.414 e. The molecule has 5 nitrogen and oxygen atoms in total. The van der Waals surface area contributed by atoms with E-state index in [1.54, 1.807) is 0 Å². The number of benzene rings is 1. The zero-order valence-electron chi connectivity index (χ0n) is 14.3. The second kappa shape index (κ2) is 7.99.